The predicted octanol–water partition coefficient (Wildman–Crippen LogP) is 4.33. The molecule has 1 aliphatic heterocycles. The Morgan fingerprint density at radius 2 is 1.47 bits per heavy atom. The van der Waals surface area contributed by atoms with E-state index in [1.54, 1.807) is 19.2 Å². The molecule has 0 saturated carbocycles. The summed E-state index contributed by atoms with van der Waals surface area (Å²) in [7, 11) is 1.60. The van der Waals surface area contributed by atoms with E-state index in [2.05, 4.69) is 5.32 Å². The van der Waals surface area contributed by atoms with E-state index in [0.29, 0.717) is 29.1 Å². The van der Waals surface area contributed by atoms with Crippen molar-refractivity contribution in [3.05, 3.63) is 59.8 Å². The third kappa shape index (κ3) is 4.64. The number of carbonyl (C=O) groups excluding carboxylic acids is 2. The second kappa shape index (κ2) is 9.03. The molecule has 0 atom stereocenters. The number of anilines is 1. The zero-order chi connectivity index (χ0) is 21.8. The van der Waals surface area contributed by atoms with E-state index >= 15 is 0 Å². The highest BCUT2D eigenvalue weighted by Gasteiger charge is 2.39. The maximum Gasteiger partial charge on any atom is 0.278 e. The van der Waals surface area contributed by atoms with Gasteiger partial charge in [0.15, 0.2) is 0 Å². The van der Waals surface area contributed by atoms with Gasteiger partial charge in [-0.15, -0.1) is 0 Å². The van der Waals surface area contributed by atoms with E-state index in [9.17, 15) is 9.59 Å². The van der Waals surface area contributed by atoms with Crippen LogP contribution in [0.4, 0.5) is 5.69 Å². The number of imide groups is 1. The minimum absolute atomic E-state index is 0.0542. The Labute approximate surface area is 177 Å². The third-order valence-electron chi connectivity index (χ3n) is 4.59. The summed E-state index contributed by atoms with van der Waals surface area (Å²) in [4.78, 5) is 27.6. The number of nitrogens with zero attached hydrogens (tertiary/aromatic N) is 1. The van der Waals surface area contributed by atoms with Gasteiger partial charge in [0, 0.05) is 12.2 Å². The standard InChI is InChI=1S/C24H28N2O4/c1-15(2)14-26-23(27)21(17-6-10-20(11-7-17)30-16(3)4)22(24(26)28)25-18-8-12-19(29-5)13-9-18/h6-13,15-16,25H,14H2,1-5H3. The lowest BCUT2D eigenvalue weighted by Gasteiger charge is -2.17. The SMILES string of the molecule is COc1ccc(NC2=C(c3ccc(OC(C)C)cc3)C(=O)N(CC(C)C)C2=O)cc1. The Morgan fingerprint density at radius 1 is 0.867 bits per heavy atom. The molecule has 6 heteroatoms. The predicted molar refractivity (Wildman–Crippen MR) is 117 cm³/mol. The van der Waals surface area contributed by atoms with Gasteiger partial charge in [-0.1, -0.05) is 26.0 Å². The Bertz CT molecular complexity index is 944. The Kier molecular flexibility index (Phi) is 6.45. The molecule has 1 N–H and O–H groups in total. The summed E-state index contributed by atoms with van der Waals surface area (Å²) in [6.45, 7) is 8.23. The van der Waals surface area contributed by atoms with Gasteiger partial charge in [0.2, 0.25) is 0 Å². The summed E-state index contributed by atoms with van der Waals surface area (Å²) in [5, 5.41) is 3.15. The van der Waals surface area contributed by atoms with Gasteiger partial charge in [0.05, 0.1) is 18.8 Å². The average Bonchev–Trinajstić information content (AvgIpc) is 2.93. The van der Waals surface area contributed by atoms with E-state index in [1.807, 2.05) is 64.1 Å². The summed E-state index contributed by atoms with van der Waals surface area (Å²) < 4.78 is 10.9. The molecule has 2 aromatic carbocycles. The Hall–Kier alpha value is -3.28. The number of carbonyl (C=O) groups is 2. The first-order valence-electron chi connectivity index (χ1n) is 10.1. The number of nitrogens with one attached hydrogen (secondary N) is 1. The third-order valence-corrected chi connectivity index (χ3v) is 4.59. The first-order valence-corrected chi connectivity index (χ1v) is 10.1. The summed E-state index contributed by atoms with van der Waals surface area (Å²) in [6.07, 6.45) is 0.0542. The lowest BCUT2D eigenvalue weighted by Crippen LogP contribution is -2.35. The number of ether oxygens (including phenoxy) is 2. The molecule has 0 fully saturated rings. The molecule has 158 valence electrons. The molecule has 0 aromatic heterocycles. The van der Waals surface area contributed by atoms with Crippen molar-refractivity contribution in [1.29, 1.82) is 0 Å². The van der Waals surface area contributed by atoms with Crippen LogP contribution in [0.25, 0.3) is 5.57 Å². The highest BCUT2D eigenvalue weighted by molar-refractivity contribution is 6.36. The molecule has 0 spiro atoms. The van der Waals surface area contributed by atoms with Gasteiger partial charge in [-0.2, -0.15) is 0 Å². The maximum absolute atomic E-state index is 13.2. The minimum atomic E-state index is -0.318. The fraction of sp³-hybridized carbons (Fsp3) is 0.333. The van der Waals surface area contributed by atoms with Crippen molar-refractivity contribution in [1.82, 2.24) is 4.90 Å². The minimum Gasteiger partial charge on any atom is -0.497 e. The quantitative estimate of drug-likeness (QED) is 0.659. The van der Waals surface area contributed by atoms with Crippen LogP contribution in [-0.4, -0.2) is 36.5 Å². The highest BCUT2D eigenvalue weighted by Crippen LogP contribution is 2.32. The van der Waals surface area contributed by atoms with E-state index < -0.39 is 0 Å². The van der Waals surface area contributed by atoms with Crippen LogP contribution in [0.5, 0.6) is 11.5 Å². The molecule has 3 rings (SSSR count). The summed E-state index contributed by atoms with van der Waals surface area (Å²) in [6, 6.07) is 14.5. The van der Waals surface area contributed by atoms with Gasteiger partial charge < -0.3 is 14.8 Å². The molecule has 1 heterocycles. The van der Waals surface area contributed by atoms with E-state index in [4.69, 9.17) is 9.47 Å². The number of hydrogen-bond acceptors (Lipinski definition) is 5. The molecule has 30 heavy (non-hydrogen) atoms. The topological polar surface area (TPSA) is 67.9 Å². The largest absolute Gasteiger partial charge is 0.497 e. The Morgan fingerprint density at radius 3 is 2.00 bits per heavy atom. The molecule has 0 bridgehead atoms. The number of benzene rings is 2. The molecule has 0 unspecified atom stereocenters. The number of hydrogen-bond donors (Lipinski definition) is 1. The number of rotatable bonds is 8. The van der Waals surface area contributed by atoms with Crippen molar-refractivity contribution >= 4 is 23.1 Å². The molecule has 2 aromatic rings. The molecule has 6 nitrogen and oxygen atoms in total. The molecular weight excluding hydrogens is 380 g/mol. The summed E-state index contributed by atoms with van der Waals surface area (Å²) in [5.41, 5.74) is 2.03. The van der Waals surface area contributed by atoms with Crippen molar-refractivity contribution in [3.8, 4) is 11.5 Å². The molecule has 0 saturated heterocycles. The normalized spacial score (nSPS) is 14.2. The second-order valence-electron chi connectivity index (χ2n) is 7.91. The van der Waals surface area contributed by atoms with Gasteiger partial charge in [0.1, 0.15) is 17.2 Å². The van der Waals surface area contributed by atoms with Gasteiger partial charge >= 0.3 is 0 Å². The zero-order valence-corrected chi connectivity index (χ0v) is 18.1. The number of methoxy groups -OCH3 is 1. The second-order valence-corrected chi connectivity index (χ2v) is 7.91. The fourth-order valence-corrected chi connectivity index (χ4v) is 3.28. The van der Waals surface area contributed by atoms with Gasteiger partial charge in [-0.3, -0.25) is 14.5 Å². The van der Waals surface area contributed by atoms with Crippen molar-refractivity contribution < 1.29 is 19.1 Å². The molecule has 0 radical (unpaired) electrons. The van der Waals surface area contributed by atoms with Gasteiger partial charge in [-0.05, 0) is 61.7 Å². The van der Waals surface area contributed by atoms with Crippen LogP contribution >= 0.6 is 0 Å². The van der Waals surface area contributed by atoms with Crippen LogP contribution in [-0.2, 0) is 9.59 Å². The van der Waals surface area contributed by atoms with Crippen LogP contribution in [0.1, 0.15) is 33.3 Å². The van der Waals surface area contributed by atoms with Crippen LogP contribution < -0.4 is 14.8 Å². The van der Waals surface area contributed by atoms with Crippen LogP contribution in [0.2, 0.25) is 0 Å². The summed E-state index contributed by atoms with van der Waals surface area (Å²) >= 11 is 0. The van der Waals surface area contributed by atoms with Crippen molar-refractivity contribution in [2.45, 2.75) is 33.8 Å². The molecular formula is C24H28N2O4. The van der Waals surface area contributed by atoms with Crippen LogP contribution in [0.3, 0.4) is 0 Å². The Balaban J connectivity index is 1.99. The van der Waals surface area contributed by atoms with E-state index in [1.165, 1.54) is 4.90 Å². The van der Waals surface area contributed by atoms with Crippen molar-refractivity contribution in [2.75, 3.05) is 19.0 Å². The highest BCUT2D eigenvalue weighted by atomic mass is 16.5. The lowest BCUT2D eigenvalue weighted by atomic mass is 10.0. The molecule has 0 aliphatic carbocycles. The monoisotopic (exact) mass is 408 g/mol. The maximum atomic E-state index is 13.2. The van der Waals surface area contributed by atoms with Crippen molar-refractivity contribution in [3.63, 3.8) is 0 Å². The summed E-state index contributed by atoms with van der Waals surface area (Å²) in [5.74, 6) is 0.992. The first-order chi connectivity index (χ1) is 14.3. The lowest BCUT2D eigenvalue weighted by molar-refractivity contribution is -0.137. The van der Waals surface area contributed by atoms with Crippen LogP contribution in [0, 0.1) is 5.92 Å². The van der Waals surface area contributed by atoms with E-state index in [-0.39, 0.29) is 29.5 Å². The zero-order valence-electron chi connectivity index (χ0n) is 18.1. The number of amides is 2. The van der Waals surface area contributed by atoms with Gasteiger partial charge in [-0.25, -0.2) is 0 Å². The van der Waals surface area contributed by atoms with E-state index in [0.717, 1.165) is 5.75 Å². The smallest absolute Gasteiger partial charge is 0.278 e. The molecule has 1 aliphatic rings. The van der Waals surface area contributed by atoms with Gasteiger partial charge in [0.25, 0.3) is 11.8 Å². The fourth-order valence-electron chi connectivity index (χ4n) is 3.28. The first kappa shape index (κ1) is 21.4. The van der Waals surface area contributed by atoms with Crippen LogP contribution in [0.15, 0.2) is 54.2 Å². The average molecular weight is 408 g/mol. The van der Waals surface area contributed by atoms with Crippen molar-refractivity contribution in [2.24, 2.45) is 5.92 Å². The molecule has 2 amide bonds.